The molecule has 2 aliphatic heterocycles. The van der Waals surface area contributed by atoms with Crippen LogP contribution in [0.2, 0.25) is 0 Å². The molecule has 12 heteroatoms. The fourth-order valence-corrected chi connectivity index (χ4v) is 3.29. The molecule has 158 valence electrons. The zero-order valence-electron chi connectivity index (χ0n) is 16.9. The van der Waals surface area contributed by atoms with Crippen molar-refractivity contribution in [2.24, 2.45) is 5.92 Å². The number of carbonyl (C=O) groups excluding carboxylic acids is 4. The van der Waals surface area contributed by atoms with Crippen LogP contribution in [-0.2, 0) is 28.4 Å². The number of benzene rings is 1. The van der Waals surface area contributed by atoms with Gasteiger partial charge in [-0.3, -0.25) is 19.3 Å². The van der Waals surface area contributed by atoms with E-state index in [1.165, 1.54) is 11.8 Å². The first-order valence-electron chi connectivity index (χ1n) is 9.52. The van der Waals surface area contributed by atoms with Crippen LogP contribution in [0.1, 0.15) is 18.6 Å². The number of hydrogen-bond donors (Lipinski definition) is 1. The molecule has 3 atom stereocenters. The first kappa shape index (κ1) is 21.8. The predicted molar refractivity (Wildman–Crippen MR) is 106 cm³/mol. The Hall–Kier alpha value is -2.85. The molecule has 3 rings (SSSR count). The summed E-state index contributed by atoms with van der Waals surface area (Å²) >= 11 is 0. The van der Waals surface area contributed by atoms with Crippen LogP contribution in [-0.4, -0.2) is 86.5 Å². The first-order chi connectivity index (χ1) is 14.2. The monoisotopic (exact) mass is 416 g/mol. The van der Waals surface area contributed by atoms with E-state index in [0.717, 1.165) is 4.90 Å². The van der Waals surface area contributed by atoms with E-state index in [0.29, 0.717) is 11.0 Å². The number of carbonyl (C=O) groups is 4. The maximum Gasteiger partial charge on any atom is 0.636 e. The maximum atomic E-state index is 12.6. The Morgan fingerprint density at radius 1 is 1.17 bits per heavy atom. The zero-order valence-corrected chi connectivity index (χ0v) is 16.9. The van der Waals surface area contributed by atoms with Crippen molar-refractivity contribution in [2.45, 2.75) is 19.0 Å². The summed E-state index contributed by atoms with van der Waals surface area (Å²) in [5, 5.41) is 10.6. The summed E-state index contributed by atoms with van der Waals surface area (Å²) in [6, 6.07) is 6.17. The summed E-state index contributed by atoms with van der Waals surface area (Å²) in [5.74, 6) is -2.90. The molecule has 1 N–H and O–H groups in total. The second-order valence-corrected chi connectivity index (χ2v) is 7.52. The van der Waals surface area contributed by atoms with Crippen LogP contribution in [0.3, 0.4) is 0 Å². The highest BCUT2D eigenvalue weighted by atomic mass is 16.6. The molecule has 1 aromatic carbocycles. The highest BCUT2D eigenvalue weighted by molar-refractivity contribution is 6.64. The summed E-state index contributed by atoms with van der Waals surface area (Å²) in [6.07, 6.45) is -1.90. The highest BCUT2D eigenvalue weighted by Gasteiger charge is 2.39. The van der Waals surface area contributed by atoms with Gasteiger partial charge in [0.2, 0.25) is 5.91 Å². The Kier molecular flexibility index (Phi) is 6.47. The van der Waals surface area contributed by atoms with E-state index < -0.39 is 49.0 Å². The average Bonchev–Trinajstić information content (AvgIpc) is 3.02. The van der Waals surface area contributed by atoms with E-state index in [-0.39, 0.29) is 19.7 Å². The van der Waals surface area contributed by atoms with Gasteiger partial charge in [0.15, 0.2) is 0 Å². The topological polar surface area (TPSA) is 123 Å². The first-order valence-corrected chi connectivity index (χ1v) is 9.52. The number of aliphatic hydroxyl groups excluding tert-OH is 1. The van der Waals surface area contributed by atoms with Crippen molar-refractivity contribution in [3.63, 3.8) is 0 Å². The quantitative estimate of drug-likeness (QED) is 0.557. The number of cyclic esters (lactones) is 1. The van der Waals surface area contributed by atoms with Crippen LogP contribution in [0.4, 0.5) is 4.79 Å². The highest BCUT2D eigenvalue weighted by Crippen LogP contribution is 2.25. The van der Waals surface area contributed by atoms with Gasteiger partial charge >= 0.3 is 25.2 Å². The van der Waals surface area contributed by atoms with Crippen molar-refractivity contribution in [3.05, 3.63) is 29.8 Å². The van der Waals surface area contributed by atoms with E-state index in [1.807, 2.05) is 0 Å². The fraction of sp³-hybridized carbons (Fsp3) is 0.444. The second-order valence-electron chi connectivity index (χ2n) is 7.52. The van der Waals surface area contributed by atoms with Gasteiger partial charge in [0.25, 0.3) is 0 Å². The van der Waals surface area contributed by atoms with Crippen molar-refractivity contribution in [3.8, 4) is 0 Å². The van der Waals surface area contributed by atoms with Crippen LogP contribution < -0.4 is 5.46 Å². The maximum absolute atomic E-state index is 12.6. The molecular formula is C18H22B2N2O8. The number of rotatable bonds is 4. The molecule has 0 aromatic heterocycles. The summed E-state index contributed by atoms with van der Waals surface area (Å²) in [7, 11) is 2.10. The van der Waals surface area contributed by atoms with E-state index in [9.17, 15) is 24.3 Å². The molecule has 2 amide bonds. The van der Waals surface area contributed by atoms with E-state index in [1.54, 1.807) is 39.2 Å². The average molecular weight is 416 g/mol. The van der Waals surface area contributed by atoms with E-state index in [2.05, 4.69) is 0 Å². The molecule has 1 aromatic rings. The molecule has 0 saturated carbocycles. The molecule has 0 unspecified atom stereocenters. The Morgan fingerprint density at radius 3 is 2.23 bits per heavy atom. The van der Waals surface area contributed by atoms with Gasteiger partial charge < -0.3 is 19.2 Å². The van der Waals surface area contributed by atoms with Crippen molar-refractivity contribution < 1.29 is 38.3 Å². The minimum atomic E-state index is -1.19. The van der Waals surface area contributed by atoms with Gasteiger partial charge in [0.05, 0.1) is 25.1 Å². The van der Waals surface area contributed by atoms with Gasteiger partial charge in [-0.25, -0.2) is 9.69 Å². The van der Waals surface area contributed by atoms with Gasteiger partial charge in [-0.1, -0.05) is 31.2 Å². The van der Waals surface area contributed by atoms with Crippen molar-refractivity contribution >= 4 is 44.4 Å². The van der Waals surface area contributed by atoms with Gasteiger partial charge in [0.1, 0.15) is 14.5 Å². The molecule has 10 nitrogen and oxygen atoms in total. The fourth-order valence-electron chi connectivity index (χ4n) is 3.29. The Balaban J connectivity index is 1.71. The third-order valence-corrected chi connectivity index (χ3v) is 5.01. The molecular weight excluding hydrogens is 394 g/mol. The van der Waals surface area contributed by atoms with Crippen molar-refractivity contribution in [1.82, 2.24) is 9.80 Å². The summed E-state index contributed by atoms with van der Waals surface area (Å²) in [5.41, 5.74) is 0.830. The Labute approximate surface area is 174 Å². The number of hydrogen-bond acceptors (Lipinski definition) is 9. The van der Waals surface area contributed by atoms with Crippen LogP contribution in [0, 0.1) is 5.92 Å². The summed E-state index contributed by atoms with van der Waals surface area (Å²) < 4.78 is 15.3. The van der Waals surface area contributed by atoms with Gasteiger partial charge in [0, 0.05) is 11.4 Å². The third-order valence-electron chi connectivity index (χ3n) is 5.01. The Bertz CT molecular complexity index is 829. The number of aliphatic hydroxyl groups is 1. The normalized spacial score (nSPS) is 22.5. The summed E-state index contributed by atoms with van der Waals surface area (Å²) in [4.78, 5) is 50.6. The lowest BCUT2D eigenvalue weighted by molar-refractivity contribution is -0.145. The molecule has 2 saturated heterocycles. The van der Waals surface area contributed by atoms with Gasteiger partial charge in [-0.15, -0.1) is 0 Å². The van der Waals surface area contributed by atoms with Gasteiger partial charge in [-0.2, -0.15) is 0 Å². The molecule has 30 heavy (non-hydrogen) atoms. The van der Waals surface area contributed by atoms with Crippen LogP contribution in [0.25, 0.3) is 0 Å². The molecule has 0 bridgehead atoms. The largest absolute Gasteiger partial charge is 0.636 e. The van der Waals surface area contributed by atoms with Crippen molar-refractivity contribution in [2.75, 3.05) is 26.7 Å². The van der Waals surface area contributed by atoms with Crippen molar-refractivity contribution in [1.29, 1.82) is 0 Å². The predicted octanol–water partition coefficient (Wildman–Crippen LogP) is -1.98. The molecule has 0 spiro atoms. The number of imide groups is 1. The van der Waals surface area contributed by atoms with E-state index >= 15 is 0 Å². The molecule has 2 aliphatic rings. The molecule has 2 heterocycles. The molecule has 2 fully saturated rings. The zero-order chi connectivity index (χ0) is 22.0. The minimum absolute atomic E-state index is 0.0423. The lowest BCUT2D eigenvalue weighted by Crippen LogP contribution is -2.47. The summed E-state index contributed by atoms with van der Waals surface area (Å²) in [6.45, 7) is 1.56. The molecule has 0 aliphatic carbocycles. The smallest absolute Gasteiger partial charge is 0.494 e. The standard InChI is InChI=1S/C18H22B2N2O8/c1-10(17(26)22-13(19)9-28-18(22)27)16(25)11-3-5-12(6-4-11)20-29-14(23)7-21(2)8-15(24)30-20/h3-6,10,13,16,25H,7-9,19H2,1-2H3/t10-,13+,16-/m1/s1. The number of ether oxygens (including phenoxy) is 1. The van der Waals surface area contributed by atoms with Crippen LogP contribution >= 0.6 is 0 Å². The number of amides is 2. The van der Waals surface area contributed by atoms with E-state index in [4.69, 9.17) is 14.0 Å². The second kappa shape index (κ2) is 8.88. The molecule has 0 radical (unpaired) electrons. The lowest BCUT2D eigenvalue weighted by Gasteiger charge is -2.25. The third kappa shape index (κ3) is 4.65. The Morgan fingerprint density at radius 2 is 1.73 bits per heavy atom. The van der Waals surface area contributed by atoms with Gasteiger partial charge in [-0.05, 0) is 12.6 Å². The van der Waals surface area contributed by atoms with Crippen LogP contribution in [0.5, 0.6) is 0 Å². The van der Waals surface area contributed by atoms with Crippen LogP contribution in [0.15, 0.2) is 24.3 Å². The minimum Gasteiger partial charge on any atom is -0.494 e. The SMILES string of the molecule is B[C@@H]1COC(=O)N1C(=O)[C@H](C)[C@@H](O)c1ccc(B2OC(=O)CN(C)CC(=O)O2)cc1. The lowest BCUT2D eigenvalue weighted by atomic mass is 9.77. The number of likely N-dealkylation sites (N-methyl/N-ethyl adjacent to an activating group) is 1. The number of nitrogens with zero attached hydrogens (tertiary/aromatic N) is 2.